The minimum absolute atomic E-state index is 0.0453. The van der Waals surface area contributed by atoms with Crippen LogP contribution in [0.1, 0.15) is 16.1 Å². The second kappa shape index (κ2) is 8.22. The Kier molecular flexibility index (Phi) is 5.76. The van der Waals surface area contributed by atoms with Gasteiger partial charge in [-0.25, -0.2) is 8.78 Å². The number of amides is 1. The Bertz CT molecular complexity index is 954. The first-order valence-electron chi connectivity index (χ1n) is 8.67. The molecule has 0 radical (unpaired) electrons. The lowest BCUT2D eigenvalue weighted by molar-refractivity contribution is 0.0726. The molecule has 6 heteroatoms. The maximum absolute atomic E-state index is 14.1. The van der Waals surface area contributed by atoms with Crippen LogP contribution in [0.2, 0.25) is 0 Å². The van der Waals surface area contributed by atoms with E-state index in [1.54, 1.807) is 11.1 Å². The molecule has 1 amide bonds. The highest BCUT2D eigenvalue weighted by molar-refractivity contribution is 6.05. The van der Waals surface area contributed by atoms with E-state index in [-0.39, 0.29) is 18.0 Å². The maximum Gasteiger partial charge on any atom is 0.273 e. The topological polar surface area (TPSA) is 36.4 Å². The van der Waals surface area contributed by atoms with Crippen LogP contribution in [0.25, 0.3) is 10.8 Å². The Labute approximate surface area is 157 Å². The largest absolute Gasteiger partial charge is 0.332 e. The fourth-order valence-corrected chi connectivity index (χ4v) is 2.87. The molecule has 27 heavy (non-hydrogen) atoms. The van der Waals surface area contributed by atoms with Gasteiger partial charge in [0.2, 0.25) is 0 Å². The Hall–Kier alpha value is -2.86. The van der Waals surface area contributed by atoms with E-state index >= 15 is 0 Å². The van der Waals surface area contributed by atoms with Crippen molar-refractivity contribution in [3.05, 3.63) is 77.6 Å². The highest BCUT2D eigenvalue weighted by Crippen LogP contribution is 2.20. The second-order valence-corrected chi connectivity index (χ2v) is 6.65. The van der Waals surface area contributed by atoms with Crippen molar-refractivity contribution in [1.82, 2.24) is 14.8 Å². The summed E-state index contributed by atoms with van der Waals surface area (Å²) in [5, 5.41) is 1.66. The van der Waals surface area contributed by atoms with E-state index in [9.17, 15) is 13.6 Å². The van der Waals surface area contributed by atoms with Gasteiger partial charge in [-0.3, -0.25) is 9.78 Å². The summed E-state index contributed by atoms with van der Waals surface area (Å²) >= 11 is 0. The number of nitrogens with zero attached hydrogens (tertiary/aromatic N) is 3. The maximum atomic E-state index is 14.1. The highest BCUT2D eigenvalue weighted by atomic mass is 19.1. The first kappa shape index (κ1) is 18.9. The van der Waals surface area contributed by atoms with E-state index in [0.29, 0.717) is 18.8 Å². The minimum Gasteiger partial charge on any atom is -0.332 e. The number of benzene rings is 2. The molecule has 1 aromatic heterocycles. The van der Waals surface area contributed by atoms with Crippen LogP contribution in [-0.2, 0) is 6.54 Å². The SMILES string of the molecule is CN(C)CCN(Cc1ccc(F)cc1F)C(=O)c1nccc2ccccc12. The van der Waals surface area contributed by atoms with E-state index in [1.807, 2.05) is 49.3 Å². The van der Waals surface area contributed by atoms with Crippen LogP contribution in [0.5, 0.6) is 0 Å². The lowest BCUT2D eigenvalue weighted by atomic mass is 10.1. The third-order valence-corrected chi connectivity index (χ3v) is 4.36. The van der Waals surface area contributed by atoms with Crippen LogP contribution < -0.4 is 0 Å². The molecule has 0 N–H and O–H groups in total. The van der Waals surface area contributed by atoms with Gasteiger partial charge < -0.3 is 9.80 Å². The van der Waals surface area contributed by atoms with E-state index in [2.05, 4.69) is 4.98 Å². The summed E-state index contributed by atoms with van der Waals surface area (Å²) < 4.78 is 27.3. The standard InChI is InChI=1S/C21H21F2N3O/c1-25(2)11-12-26(14-16-7-8-17(22)13-19(16)23)21(27)20-18-6-4-3-5-15(18)9-10-24-20/h3-10,13H,11-12,14H2,1-2H3. The Morgan fingerprint density at radius 2 is 1.81 bits per heavy atom. The molecule has 3 rings (SSSR count). The van der Waals surface area contributed by atoms with Gasteiger partial charge in [0, 0.05) is 42.8 Å². The van der Waals surface area contributed by atoms with Crippen LogP contribution >= 0.6 is 0 Å². The smallest absolute Gasteiger partial charge is 0.273 e. The monoisotopic (exact) mass is 369 g/mol. The highest BCUT2D eigenvalue weighted by Gasteiger charge is 2.21. The molecule has 0 atom stereocenters. The molecule has 0 unspecified atom stereocenters. The summed E-state index contributed by atoms with van der Waals surface area (Å²) in [6.45, 7) is 1.05. The van der Waals surface area contributed by atoms with Crippen molar-refractivity contribution in [3.8, 4) is 0 Å². The normalized spacial score (nSPS) is 11.1. The summed E-state index contributed by atoms with van der Waals surface area (Å²) in [6, 6.07) is 12.8. The van der Waals surface area contributed by atoms with Crippen molar-refractivity contribution in [3.63, 3.8) is 0 Å². The molecule has 0 aliphatic carbocycles. The predicted molar refractivity (Wildman–Crippen MR) is 101 cm³/mol. The molecule has 0 fully saturated rings. The first-order chi connectivity index (χ1) is 13.0. The molecule has 3 aromatic rings. The van der Waals surface area contributed by atoms with Crippen molar-refractivity contribution in [2.24, 2.45) is 0 Å². The quantitative estimate of drug-likeness (QED) is 0.665. The van der Waals surface area contributed by atoms with Crippen LogP contribution in [0.4, 0.5) is 8.78 Å². The minimum atomic E-state index is -0.663. The number of halogens is 2. The van der Waals surface area contributed by atoms with Crippen molar-refractivity contribution >= 4 is 16.7 Å². The molecule has 0 saturated carbocycles. The number of carbonyl (C=O) groups is 1. The molecule has 2 aromatic carbocycles. The average Bonchev–Trinajstić information content (AvgIpc) is 2.65. The van der Waals surface area contributed by atoms with Gasteiger partial charge in [0.1, 0.15) is 17.3 Å². The van der Waals surface area contributed by atoms with Crippen molar-refractivity contribution in [1.29, 1.82) is 0 Å². The molecular weight excluding hydrogens is 348 g/mol. The fourth-order valence-electron chi connectivity index (χ4n) is 2.87. The third-order valence-electron chi connectivity index (χ3n) is 4.36. The van der Waals surface area contributed by atoms with Crippen molar-refractivity contribution in [2.75, 3.05) is 27.2 Å². The molecular formula is C21H21F2N3O. The number of likely N-dealkylation sites (N-methyl/N-ethyl adjacent to an activating group) is 1. The summed E-state index contributed by atoms with van der Waals surface area (Å²) in [7, 11) is 3.80. The first-order valence-corrected chi connectivity index (χ1v) is 8.67. The average molecular weight is 369 g/mol. The van der Waals surface area contributed by atoms with Gasteiger partial charge in [-0.15, -0.1) is 0 Å². The van der Waals surface area contributed by atoms with E-state index in [4.69, 9.17) is 0 Å². The number of rotatable bonds is 6. The van der Waals surface area contributed by atoms with Crippen LogP contribution in [0.15, 0.2) is 54.7 Å². The van der Waals surface area contributed by atoms with Gasteiger partial charge >= 0.3 is 0 Å². The second-order valence-electron chi connectivity index (χ2n) is 6.65. The van der Waals surface area contributed by atoms with Gasteiger partial charge in [-0.05, 0) is 31.6 Å². The van der Waals surface area contributed by atoms with Gasteiger partial charge in [0.05, 0.1) is 0 Å². The molecule has 140 valence electrons. The molecule has 4 nitrogen and oxygen atoms in total. The molecule has 0 aliphatic rings. The predicted octanol–water partition coefficient (Wildman–Crippen LogP) is 3.72. The van der Waals surface area contributed by atoms with E-state index in [1.165, 1.54) is 12.1 Å². The summed E-state index contributed by atoms with van der Waals surface area (Å²) in [5.41, 5.74) is 0.595. The van der Waals surface area contributed by atoms with E-state index < -0.39 is 11.6 Å². The molecule has 0 aliphatic heterocycles. The zero-order valence-electron chi connectivity index (χ0n) is 15.3. The zero-order chi connectivity index (χ0) is 19.4. The van der Waals surface area contributed by atoms with E-state index in [0.717, 1.165) is 16.8 Å². The number of pyridine rings is 1. The fraction of sp³-hybridized carbons (Fsp3) is 0.238. The third kappa shape index (κ3) is 4.46. The molecule has 0 spiro atoms. The van der Waals surface area contributed by atoms with Crippen LogP contribution in [0, 0.1) is 11.6 Å². The Balaban J connectivity index is 1.95. The van der Waals surface area contributed by atoms with Crippen molar-refractivity contribution < 1.29 is 13.6 Å². The van der Waals surface area contributed by atoms with Crippen LogP contribution in [-0.4, -0.2) is 47.9 Å². The van der Waals surface area contributed by atoms with Gasteiger partial charge in [0.15, 0.2) is 0 Å². The Morgan fingerprint density at radius 1 is 1.04 bits per heavy atom. The zero-order valence-corrected chi connectivity index (χ0v) is 15.3. The molecule has 0 bridgehead atoms. The number of hydrogen-bond donors (Lipinski definition) is 0. The number of carbonyl (C=O) groups excluding carboxylic acids is 1. The summed E-state index contributed by atoms with van der Waals surface area (Å²) in [4.78, 5) is 21.0. The molecule has 1 heterocycles. The van der Waals surface area contributed by atoms with Crippen LogP contribution in [0.3, 0.4) is 0 Å². The van der Waals surface area contributed by atoms with Gasteiger partial charge in [-0.2, -0.15) is 0 Å². The summed E-state index contributed by atoms with van der Waals surface area (Å²) in [5.74, 6) is -1.58. The van der Waals surface area contributed by atoms with Crippen molar-refractivity contribution in [2.45, 2.75) is 6.54 Å². The van der Waals surface area contributed by atoms with Gasteiger partial charge in [0.25, 0.3) is 5.91 Å². The Morgan fingerprint density at radius 3 is 2.56 bits per heavy atom. The number of aromatic nitrogens is 1. The number of fused-ring (bicyclic) bond motifs is 1. The van der Waals surface area contributed by atoms with Gasteiger partial charge in [-0.1, -0.05) is 30.3 Å². The molecule has 0 saturated heterocycles. The lowest BCUT2D eigenvalue weighted by Crippen LogP contribution is -2.37. The summed E-state index contributed by atoms with van der Waals surface area (Å²) in [6.07, 6.45) is 1.60. The number of hydrogen-bond acceptors (Lipinski definition) is 3. The lowest BCUT2D eigenvalue weighted by Gasteiger charge is -2.25.